The molecule has 0 aliphatic rings. The molecule has 0 bridgehead atoms. The lowest BCUT2D eigenvalue weighted by Crippen LogP contribution is -1.70. The van der Waals surface area contributed by atoms with Crippen molar-refractivity contribution in [3.63, 3.8) is 0 Å². The zero-order valence-corrected chi connectivity index (χ0v) is 16.0. The fourth-order valence-electron chi connectivity index (χ4n) is 3.00. The minimum absolute atomic E-state index is 1.04. The third kappa shape index (κ3) is 3.29. The first kappa shape index (κ1) is 16.0. The Balaban J connectivity index is 1.55. The Labute approximate surface area is 166 Å². The van der Waals surface area contributed by atoms with Crippen molar-refractivity contribution in [2.24, 2.45) is 0 Å². The lowest BCUT2D eigenvalue weighted by Gasteiger charge is -1.90. The summed E-state index contributed by atoms with van der Waals surface area (Å²) in [6, 6.07) is 27.0. The second kappa shape index (κ2) is 6.86. The van der Waals surface area contributed by atoms with E-state index in [1.165, 1.54) is 20.2 Å². The van der Waals surface area contributed by atoms with Gasteiger partial charge in [-0.2, -0.15) is 24.1 Å². The van der Waals surface area contributed by atoms with Gasteiger partial charge >= 0.3 is 0 Å². The molecule has 2 aromatic heterocycles. The molecular formula is C25H13S2-. The number of fused-ring (bicyclic) bond motifs is 3. The maximum Gasteiger partial charge on any atom is 0.0785 e. The van der Waals surface area contributed by atoms with Gasteiger partial charge in [0, 0.05) is 25.7 Å². The highest BCUT2D eigenvalue weighted by molar-refractivity contribution is 7.21. The summed E-state index contributed by atoms with van der Waals surface area (Å²) in [5.74, 6) is 13.1. The van der Waals surface area contributed by atoms with E-state index in [-0.39, 0.29) is 0 Å². The van der Waals surface area contributed by atoms with Gasteiger partial charge in [-0.15, -0.1) is 40.2 Å². The van der Waals surface area contributed by atoms with E-state index in [9.17, 15) is 0 Å². The largest absolute Gasteiger partial charge is 0.186 e. The summed E-state index contributed by atoms with van der Waals surface area (Å²) in [6.07, 6.45) is 0. The van der Waals surface area contributed by atoms with Crippen LogP contribution in [0.2, 0.25) is 0 Å². The molecule has 0 unspecified atom stereocenters. The highest BCUT2D eigenvalue weighted by Gasteiger charge is 2.07. The Bertz CT molecular complexity index is 1360. The van der Waals surface area contributed by atoms with E-state index in [2.05, 4.69) is 47.9 Å². The quantitative estimate of drug-likeness (QED) is 0.210. The van der Waals surface area contributed by atoms with Gasteiger partial charge in [-0.1, -0.05) is 30.0 Å². The van der Waals surface area contributed by atoms with Crippen molar-refractivity contribution in [3.8, 4) is 23.7 Å². The first-order valence-corrected chi connectivity index (χ1v) is 10.3. The summed E-state index contributed by atoms with van der Waals surface area (Å²) < 4.78 is 2.54. The van der Waals surface area contributed by atoms with E-state index >= 15 is 0 Å². The normalized spacial score (nSPS) is 10.4. The summed E-state index contributed by atoms with van der Waals surface area (Å²) in [4.78, 5) is 2.19. The van der Waals surface area contributed by atoms with Crippen LogP contribution in [0.4, 0.5) is 0 Å². The maximum atomic E-state index is 3.31. The molecule has 126 valence electrons. The SMILES string of the molecule is C(#Cc1cc2c(ccc3sc(C#Cc4ccc[cH-]4)cc32)s1)c1ccccc1. The molecule has 0 saturated heterocycles. The average Bonchev–Trinajstić information content (AvgIpc) is 3.43. The molecule has 0 aliphatic heterocycles. The molecular weight excluding hydrogens is 364 g/mol. The molecule has 5 rings (SSSR count). The van der Waals surface area contributed by atoms with Crippen LogP contribution in [0.5, 0.6) is 0 Å². The third-order valence-electron chi connectivity index (χ3n) is 4.29. The lowest BCUT2D eigenvalue weighted by molar-refractivity contribution is 1.65. The van der Waals surface area contributed by atoms with Crippen LogP contribution in [-0.4, -0.2) is 0 Å². The van der Waals surface area contributed by atoms with Crippen LogP contribution >= 0.6 is 22.7 Å². The second-order valence-electron chi connectivity index (χ2n) is 6.15. The predicted molar refractivity (Wildman–Crippen MR) is 118 cm³/mol. The number of rotatable bonds is 0. The van der Waals surface area contributed by atoms with Crippen LogP contribution in [0.3, 0.4) is 0 Å². The van der Waals surface area contributed by atoms with Crippen molar-refractivity contribution in [3.05, 3.63) is 99.7 Å². The van der Waals surface area contributed by atoms with Gasteiger partial charge in [0.1, 0.15) is 0 Å². The predicted octanol–water partition coefficient (Wildman–Crippen LogP) is 6.63. The number of thiophene rings is 2. The Morgan fingerprint density at radius 3 is 1.93 bits per heavy atom. The molecule has 0 aliphatic carbocycles. The molecule has 3 aromatic carbocycles. The van der Waals surface area contributed by atoms with Crippen LogP contribution in [0.15, 0.2) is 78.9 Å². The molecule has 0 spiro atoms. The van der Waals surface area contributed by atoms with E-state index < -0.39 is 0 Å². The first-order chi connectivity index (χ1) is 13.3. The standard InChI is InChI=1S/C25H13S2/c1-2-6-18(7-3-1)10-12-20-16-22-23-17-21(13-11-19-8-4-5-9-19)27-25(23)15-14-24(22)26-20/h1-9,14-17H/q-1. The van der Waals surface area contributed by atoms with Crippen molar-refractivity contribution in [1.29, 1.82) is 0 Å². The first-order valence-electron chi connectivity index (χ1n) is 8.62. The van der Waals surface area contributed by atoms with Crippen LogP contribution in [0, 0.1) is 23.7 Å². The molecule has 2 heteroatoms. The Morgan fingerprint density at radius 1 is 0.630 bits per heavy atom. The number of hydrogen-bond donors (Lipinski definition) is 0. The Morgan fingerprint density at radius 2 is 1.30 bits per heavy atom. The molecule has 0 saturated carbocycles. The molecule has 0 atom stereocenters. The molecule has 27 heavy (non-hydrogen) atoms. The molecule has 0 nitrogen and oxygen atoms in total. The smallest absolute Gasteiger partial charge is 0.0785 e. The topological polar surface area (TPSA) is 0 Å². The Hall–Kier alpha value is -3.17. The number of hydrogen-bond acceptors (Lipinski definition) is 2. The average molecular weight is 378 g/mol. The zero-order valence-electron chi connectivity index (χ0n) is 14.3. The molecule has 0 amide bonds. The van der Waals surface area contributed by atoms with Gasteiger partial charge in [-0.3, -0.25) is 0 Å². The van der Waals surface area contributed by atoms with Gasteiger partial charge in [0.15, 0.2) is 0 Å². The zero-order chi connectivity index (χ0) is 18.1. The molecule has 5 aromatic rings. The van der Waals surface area contributed by atoms with Crippen LogP contribution in [0.25, 0.3) is 20.2 Å². The maximum absolute atomic E-state index is 3.31. The lowest BCUT2D eigenvalue weighted by atomic mass is 10.1. The molecule has 0 N–H and O–H groups in total. The minimum Gasteiger partial charge on any atom is -0.186 e. The second-order valence-corrected chi connectivity index (χ2v) is 8.32. The van der Waals surface area contributed by atoms with Crippen molar-refractivity contribution in [2.75, 3.05) is 0 Å². The summed E-state index contributed by atoms with van der Waals surface area (Å²) in [7, 11) is 0. The molecule has 0 radical (unpaired) electrons. The minimum atomic E-state index is 1.04. The summed E-state index contributed by atoms with van der Waals surface area (Å²) >= 11 is 3.50. The van der Waals surface area contributed by atoms with E-state index in [4.69, 9.17) is 0 Å². The van der Waals surface area contributed by atoms with Gasteiger partial charge in [0.25, 0.3) is 0 Å². The van der Waals surface area contributed by atoms with Crippen molar-refractivity contribution in [1.82, 2.24) is 0 Å². The fraction of sp³-hybridized carbons (Fsp3) is 0. The van der Waals surface area contributed by atoms with Crippen LogP contribution < -0.4 is 0 Å². The van der Waals surface area contributed by atoms with Crippen molar-refractivity contribution in [2.45, 2.75) is 0 Å². The van der Waals surface area contributed by atoms with Gasteiger partial charge in [0.05, 0.1) is 9.75 Å². The van der Waals surface area contributed by atoms with Gasteiger partial charge in [-0.05, 0) is 36.4 Å². The van der Waals surface area contributed by atoms with E-state index in [0.29, 0.717) is 0 Å². The highest BCUT2D eigenvalue weighted by Crippen LogP contribution is 2.35. The van der Waals surface area contributed by atoms with Gasteiger partial charge < -0.3 is 0 Å². The third-order valence-corrected chi connectivity index (χ3v) is 6.33. The summed E-state index contributed by atoms with van der Waals surface area (Å²) in [5.41, 5.74) is 2.10. The fourth-order valence-corrected chi connectivity index (χ4v) is 4.86. The summed E-state index contributed by atoms with van der Waals surface area (Å²) in [6.45, 7) is 0. The highest BCUT2D eigenvalue weighted by atomic mass is 32.1. The Kier molecular flexibility index (Phi) is 4.07. The molecule has 2 heterocycles. The van der Waals surface area contributed by atoms with E-state index in [0.717, 1.165) is 20.9 Å². The van der Waals surface area contributed by atoms with E-state index in [1.807, 2.05) is 54.6 Å². The monoisotopic (exact) mass is 377 g/mol. The number of benzene rings is 2. The molecule has 0 fully saturated rings. The van der Waals surface area contributed by atoms with Gasteiger partial charge in [-0.25, -0.2) is 0 Å². The van der Waals surface area contributed by atoms with Crippen LogP contribution in [0.1, 0.15) is 20.9 Å². The van der Waals surface area contributed by atoms with Crippen LogP contribution in [-0.2, 0) is 0 Å². The van der Waals surface area contributed by atoms with Crippen molar-refractivity contribution >= 4 is 42.8 Å². The van der Waals surface area contributed by atoms with Crippen molar-refractivity contribution < 1.29 is 0 Å². The van der Waals surface area contributed by atoms with E-state index in [1.54, 1.807) is 22.7 Å². The van der Waals surface area contributed by atoms with Gasteiger partial charge in [0.2, 0.25) is 0 Å². The summed E-state index contributed by atoms with van der Waals surface area (Å²) in [5, 5.41) is 2.54.